The molecule has 0 fully saturated rings. The van der Waals surface area contributed by atoms with E-state index in [1.807, 2.05) is 12.1 Å². The van der Waals surface area contributed by atoms with E-state index in [0.29, 0.717) is 30.2 Å². The number of benzene rings is 1. The third kappa shape index (κ3) is 2.50. The molecule has 2 aromatic rings. The van der Waals surface area contributed by atoms with Crippen molar-refractivity contribution in [2.45, 2.75) is 6.54 Å². The summed E-state index contributed by atoms with van der Waals surface area (Å²) in [5.41, 5.74) is 7.08. The monoisotopic (exact) mass is 285 g/mol. The number of nitrogens with one attached hydrogen (secondary N) is 1. The van der Waals surface area contributed by atoms with Crippen LogP contribution in [0.5, 0.6) is 0 Å². The van der Waals surface area contributed by atoms with Crippen molar-refractivity contribution in [2.24, 2.45) is 5.73 Å². The first-order chi connectivity index (χ1) is 10.2. The smallest absolute Gasteiger partial charge is 0.279 e. The summed E-state index contributed by atoms with van der Waals surface area (Å²) in [6, 6.07) is 7.19. The van der Waals surface area contributed by atoms with Crippen LogP contribution < -0.4 is 16.0 Å². The van der Waals surface area contributed by atoms with Crippen molar-refractivity contribution in [1.29, 1.82) is 0 Å². The number of carbonyl (C=O) groups is 2. The fraction of sp³-hybridized carbons (Fsp3) is 0.214. The van der Waals surface area contributed by atoms with E-state index in [2.05, 4.69) is 10.3 Å². The number of aromatic nitrogens is 2. The van der Waals surface area contributed by atoms with Crippen molar-refractivity contribution < 1.29 is 9.59 Å². The van der Waals surface area contributed by atoms with Gasteiger partial charge >= 0.3 is 0 Å². The van der Waals surface area contributed by atoms with Gasteiger partial charge in [0, 0.05) is 19.3 Å². The van der Waals surface area contributed by atoms with Crippen molar-refractivity contribution >= 4 is 23.2 Å². The lowest BCUT2D eigenvalue weighted by Gasteiger charge is -2.28. The molecule has 108 valence electrons. The molecule has 3 rings (SSSR count). The normalized spacial score (nSPS) is 13.8. The molecular weight excluding hydrogens is 270 g/mol. The lowest BCUT2D eigenvalue weighted by Crippen LogP contribution is -2.42. The lowest BCUT2D eigenvalue weighted by molar-refractivity contribution is -0.115. The largest absolute Gasteiger partial charge is 0.335 e. The molecule has 3 N–H and O–H groups in total. The van der Waals surface area contributed by atoms with E-state index >= 15 is 0 Å². The van der Waals surface area contributed by atoms with Crippen LogP contribution in [-0.2, 0) is 11.3 Å². The molecule has 2 heterocycles. The molecule has 0 saturated carbocycles. The molecule has 0 aliphatic carbocycles. The van der Waals surface area contributed by atoms with E-state index < -0.39 is 0 Å². The number of amides is 2. The number of hydrogen-bond acceptors (Lipinski definition) is 4. The maximum Gasteiger partial charge on any atom is 0.279 e. The molecule has 21 heavy (non-hydrogen) atoms. The topological polar surface area (TPSA) is 93.2 Å². The molecule has 7 heteroatoms. The highest BCUT2D eigenvalue weighted by molar-refractivity contribution is 6.14. The van der Waals surface area contributed by atoms with Crippen LogP contribution in [0, 0.1) is 0 Å². The summed E-state index contributed by atoms with van der Waals surface area (Å²) >= 11 is 0. The Bertz CT molecular complexity index is 694. The van der Waals surface area contributed by atoms with Crippen molar-refractivity contribution in [3.05, 3.63) is 42.5 Å². The molecule has 1 aliphatic heterocycles. The molecular formula is C14H15N5O2. The second kappa shape index (κ2) is 5.37. The molecule has 1 aliphatic rings. The van der Waals surface area contributed by atoms with Crippen molar-refractivity contribution in [2.75, 3.05) is 23.3 Å². The highest BCUT2D eigenvalue weighted by atomic mass is 16.2. The second-order valence-corrected chi connectivity index (χ2v) is 4.74. The number of nitrogens with zero attached hydrogens (tertiary/aromatic N) is 3. The van der Waals surface area contributed by atoms with E-state index in [0.717, 1.165) is 0 Å². The van der Waals surface area contributed by atoms with Gasteiger partial charge in [-0.3, -0.25) is 14.5 Å². The zero-order chi connectivity index (χ0) is 14.8. The van der Waals surface area contributed by atoms with Gasteiger partial charge < -0.3 is 15.6 Å². The molecule has 0 bridgehead atoms. The molecule has 1 aromatic heterocycles. The van der Waals surface area contributed by atoms with Crippen LogP contribution in [0.25, 0.3) is 0 Å². The maximum atomic E-state index is 12.6. The number of imidazole rings is 1. The Morgan fingerprint density at radius 1 is 1.38 bits per heavy atom. The molecule has 2 amide bonds. The number of para-hydroxylation sites is 2. The van der Waals surface area contributed by atoms with Gasteiger partial charge in [-0.05, 0) is 12.1 Å². The van der Waals surface area contributed by atoms with Crippen LogP contribution in [0.2, 0.25) is 0 Å². The molecule has 1 aromatic carbocycles. The molecule has 0 saturated heterocycles. The standard InChI is InChI=1S/C14H15N5O2/c15-5-6-18-7-11(16-9-18)14(21)19-8-13(20)17-10-3-1-2-4-12(10)19/h1-4,7,9H,5-6,8,15H2,(H,17,20). The van der Waals surface area contributed by atoms with Crippen molar-refractivity contribution in [3.8, 4) is 0 Å². The first kappa shape index (κ1) is 13.3. The Balaban J connectivity index is 1.92. The average molecular weight is 285 g/mol. The van der Waals surface area contributed by atoms with E-state index in [1.54, 1.807) is 29.2 Å². The summed E-state index contributed by atoms with van der Waals surface area (Å²) in [6.45, 7) is 1.05. The summed E-state index contributed by atoms with van der Waals surface area (Å²) in [5, 5.41) is 2.75. The molecule has 0 spiro atoms. The van der Waals surface area contributed by atoms with Gasteiger partial charge in [-0.2, -0.15) is 0 Å². The third-order valence-corrected chi connectivity index (χ3v) is 3.26. The summed E-state index contributed by atoms with van der Waals surface area (Å²) in [7, 11) is 0. The number of fused-ring (bicyclic) bond motifs is 1. The number of nitrogens with two attached hydrogens (primary N) is 1. The highest BCUT2D eigenvalue weighted by Gasteiger charge is 2.28. The van der Waals surface area contributed by atoms with Gasteiger partial charge in [0.25, 0.3) is 5.91 Å². The van der Waals surface area contributed by atoms with E-state index in [1.165, 1.54) is 4.90 Å². The predicted molar refractivity (Wildman–Crippen MR) is 78.0 cm³/mol. The van der Waals surface area contributed by atoms with Crippen LogP contribution in [0.3, 0.4) is 0 Å². The van der Waals surface area contributed by atoms with E-state index in [-0.39, 0.29) is 18.4 Å². The van der Waals surface area contributed by atoms with Crippen LogP contribution in [0.1, 0.15) is 10.5 Å². The minimum Gasteiger partial charge on any atom is -0.335 e. The van der Waals surface area contributed by atoms with Crippen molar-refractivity contribution in [3.63, 3.8) is 0 Å². The molecule has 0 radical (unpaired) electrons. The Labute approximate surface area is 121 Å². The quantitative estimate of drug-likeness (QED) is 0.855. The van der Waals surface area contributed by atoms with Gasteiger partial charge in [0.1, 0.15) is 12.2 Å². The fourth-order valence-corrected chi connectivity index (χ4v) is 2.29. The zero-order valence-electron chi connectivity index (χ0n) is 11.3. The van der Waals surface area contributed by atoms with Gasteiger partial charge in [0.2, 0.25) is 5.91 Å². The van der Waals surface area contributed by atoms with E-state index in [9.17, 15) is 9.59 Å². The zero-order valence-corrected chi connectivity index (χ0v) is 11.3. The van der Waals surface area contributed by atoms with Crippen LogP contribution in [0.4, 0.5) is 11.4 Å². The Morgan fingerprint density at radius 3 is 3.00 bits per heavy atom. The number of carbonyl (C=O) groups excluding carboxylic acids is 2. The Morgan fingerprint density at radius 2 is 2.19 bits per heavy atom. The van der Waals surface area contributed by atoms with Crippen molar-refractivity contribution in [1.82, 2.24) is 9.55 Å². The fourth-order valence-electron chi connectivity index (χ4n) is 2.29. The summed E-state index contributed by atoms with van der Waals surface area (Å²) < 4.78 is 1.75. The van der Waals surface area contributed by atoms with E-state index in [4.69, 9.17) is 5.73 Å². The minimum absolute atomic E-state index is 0.0143. The summed E-state index contributed by atoms with van der Waals surface area (Å²) in [6.07, 6.45) is 3.21. The predicted octanol–water partition coefficient (Wildman–Crippen LogP) is 0.441. The molecule has 7 nitrogen and oxygen atoms in total. The summed E-state index contributed by atoms with van der Waals surface area (Å²) in [5.74, 6) is -0.517. The molecule has 0 unspecified atom stereocenters. The van der Waals surface area contributed by atoms with Gasteiger partial charge in [-0.25, -0.2) is 4.98 Å². The number of anilines is 2. The van der Waals surface area contributed by atoms with Crippen LogP contribution >= 0.6 is 0 Å². The molecule has 0 atom stereocenters. The second-order valence-electron chi connectivity index (χ2n) is 4.74. The van der Waals surface area contributed by atoms with Gasteiger partial charge in [0.15, 0.2) is 0 Å². The average Bonchev–Trinajstić information content (AvgIpc) is 2.94. The van der Waals surface area contributed by atoms with Crippen LogP contribution in [-0.4, -0.2) is 34.5 Å². The first-order valence-electron chi connectivity index (χ1n) is 6.61. The lowest BCUT2D eigenvalue weighted by atomic mass is 10.2. The Kier molecular flexibility index (Phi) is 3.41. The number of rotatable bonds is 3. The number of hydrogen-bond donors (Lipinski definition) is 2. The van der Waals surface area contributed by atoms with Gasteiger partial charge in [0.05, 0.1) is 17.7 Å². The highest BCUT2D eigenvalue weighted by Crippen LogP contribution is 2.29. The summed E-state index contributed by atoms with van der Waals surface area (Å²) in [4.78, 5) is 29.8. The first-order valence-corrected chi connectivity index (χ1v) is 6.61. The maximum absolute atomic E-state index is 12.6. The van der Waals surface area contributed by atoms with Gasteiger partial charge in [-0.1, -0.05) is 12.1 Å². The SMILES string of the molecule is NCCn1cnc(C(=O)N2CC(=O)Nc3ccccc32)c1. The minimum atomic E-state index is -0.298. The van der Waals surface area contributed by atoms with Gasteiger partial charge in [-0.15, -0.1) is 0 Å². The third-order valence-electron chi connectivity index (χ3n) is 3.26. The van der Waals surface area contributed by atoms with Crippen LogP contribution in [0.15, 0.2) is 36.8 Å². The Hall–Kier alpha value is -2.67.